The Morgan fingerprint density at radius 1 is 1.04 bits per heavy atom. The number of amides is 1. The smallest absolute Gasteiger partial charge is 0.338 e. The van der Waals surface area contributed by atoms with Gasteiger partial charge in [0.15, 0.2) is 6.10 Å². The molecule has 0 saturated carbocycles. The van der Waals surface area contributed by atoms with Gasteiger partial charge in [-0.15, -0.1) is 0 Å². The maximum absolute atomic E-state index is 12.0. The minimum absolute atomic E-state index is 0.368. The van der Waals surface area contributed by atoms with Crippen LogP contribution < -0.4 is 10.1 Å². The number of carbonyl (C=O) groups is 2. The largest absolute Gasteiger partial charge is 0.494 e. The lowest BCUT2D eigenvalue weighted by Gasteiger charge is -2.13. The van der Waals surface area contributed by atoms with Gasteiger partial charge in [-0.05, 0) is 50.2 Å². The molecule has 0 aliphatic carbocycles. The monoisotopic (exact) mass is 313 g/mol. The fourth-order valence-electron chi connectivity index (χ4n) is 1.90. The van der Waals surface area contributed by atoms with Gasteiger partial charge in [-0.25, -0.2) is 4.79 Å². The lowest BCUT2D eigenvalue weighted by Crippen LogP contribution is -2.29. The third-order valence-electron chi connectivity index (χ3n) is 3.10. The quantitative estimate of drug-likeness (QED) is 0.831. The average molecular weight is 313 g/mol. The summed E-state index contributed by atoms with van der Waals surface area (Å²) in [4.78, 5) is 24.0. The minimum atomic E-state index is -0.894. The van der Waals surface area contributed by atoms with Crippen molar-refractivity contribution in [1.82, 2.24) is 0 Å². The molecule has 5 heteroatoms. The van der Waals surface area contributed by atoms with Gasteiger partial charge in [-0.3, -0.25) is 4.79 Å². The maximum atomic E-state index is 12.0. The molecule has 1 atom stereocenters. The van der Waals surface area contributed by atoms with Crippen molar-refractivity contribution in [3.63, 3.8) is 0 Å². The molecular formula is C18H19NO4. The minimum Gasteiger partial charge on any atom is -0.494 e. The Bertz CT molecular complexity index is 652. The van der Waals surface area contributed by atoms with Gasteiger partial charge in [0, 0.05) is 5.69 Å². The molecule has 0 saturated heterocycles. The summed E-state index contributed by atoms with van der Waals surface area (Å²) in [6, 6.07) is 15.6. The first-order chi connectivity index (χ1) is 11.1. The highest BCUT2D eigenvalue weighted by molar-refractivity contribution is 5.97. The molecule has 0 heterocycles. The molecule has 5 nitrogen and oxygen atoms in total. The number of rotatable bonds is 6. The van der Waals surface area contributed by atoms with E-state index in [1.807, 2.05) is 25.1 Å². The van der Waals surface area contributed by atoms with E-state index in [9.17, 15) is 9.59 Å². The SMILES string of the molecule is CCOc1ccc(C(=O)OC(C)C(=O)Nc2ccccc2)cc1. The van der Waals surface area contributed by atoms with Crippen molar-refractivity contribution in [1.29, 1.82) is 0 Å². The van der Waals surface area contributed by atoms with Crippen LogP contribution in [0.2, 0.25) is 0 Å². The van der Waals surface area contributed by atoms with E-state index in [1.165, 1.54) is 6.92 Å². The summed E-state index contributed by atoms with van der Waals surface area (Å²) >= 11 is 0. The van der Waals surface area contributed by atoms with E-state index in [-0.39, 0.29) is 5.91 Å². The number of anilines is 1. The molecule has 120 valence electrons. The number of ether oxygens (including phenoxy) is 2. The molecule has 2 aromatic rings. The van der Waals surface area contributed by atoms with Crippen LogP contribution in [0.5, 0.6) is 5.75 Å². The van der Waals surface area contributed by atoms with Crippen molar-refractivity contribution in [2.24, 2.45) is 0 Å². The molecule has 2 aromatic carbocycles. The van der Waals surface area contributed by atoms with E-state index in [2.05, 4.69) is 5.32 Å². The Balaban J connectivity index is 1.92. The summed E-state index contributed by atoms with van der Waals surface area (Å²) in [7, 11) is 0. The first-order valence-corrected chi connectivity index (χ1v) is 7.40. The second-order valence-corrected chi connectivity index (χ2v) is 4.86. The number of hydrogen-bond donors (Lipinski definition) is 1. The normalized spacial score (nSPS) is 11.4. The van der Waals surface area contributed by atoms with Gasteiger partial charge in [-0.1, -0.05) is 18.2 Å². The second-order valence-electron chi connectivity index (χ2n) is 4.86. The molecular weight excluding hydrogens is 294 g/mol. The predicted molar refractivity (Wildman–Crippen MR) is 87.6 cm³/mol. The molecule has 0 aliphatic rings. The van der Waals surface area contributed by atoms with Crippen LogP contribution in [0.25, 0.3) is 0 Å². The zero-order valence-corrected chi connectivity index (χ0v) is 13.1. The predicted octanol–water partition coefficient (Wildman–Crippen LogP) is 3.27. The van der Waals surface area contributed by atoms with E-state index in [0.29, 0.717) is 23.6 Å². The van der Waals surface area contributed by atoms with Crippen LogP contribution in [0, 0.1) is 0 Å². The highest BCUT2D eigenvalue weighted by Gasteiger charge is 2.19. The van der Waals surface area contributed by atoms with Gasteiger partial charge < -0.3 is 14.8 Å². The molecule has 0 bridgehead atoms. The Hall–Kier alpha value is -2.82. The fourth-order valence-corrected chi connectivity index (χ4v) is 1.90. The third kappa shape index (κ3) is 4.85. The molecule has 0 spiro atoms. The fraction of sp³-hybridized carbons (Fsp3) is 0.222. The summed E-state index contributed by atoms with van der Waals surface area (Å²) in [5.74, 6) is -0.252. The van der Waals surface area contributed by atoms with Crippen LogP contribution >= 0.6 is 0 Å². The number of esters is 1. The van der Waals surface area contributed by atoms with Gasteiger partial charge in [-0.2, -0.15) is 0 Å². The van der Waals surface area contributed by atoms with E-state index in [0.717, 1.165) is 0 Å². The van der Waals surface area contributed by atoms with Crippen molar-refractivity contribution < 1.29 is 19.1 Å². The summed E-state index contributed by atoms with van der Waals surface area (Å²) in [5, 5.41) is 2.69. The molecule has 1 unspecified atom stereocenters. The summed E-state index contributed by atoms with van der Waals surface area (Å²) < 4.78 is 10.5. The number of benzene rings is 2. The van der Waals surface area contributed by atoms with Crippen molar-refractivity contribution >= 4 is 17.6 Å². The van der Waals surface area contributed by atoms with Gasteiger partial charge in [0.1, 0.15) is 5.75 Å². The maximum Gasteiger partial charge on any atom is 0.338 e. The molecule has 1 N–H and O–H groups in total. The highest BCUT2D eigenvalue weighted by Crippen LogP contribution is 2.14. The Morgan fingerprint density at radius 2 is 1.70 bits per heavy atom. The van der Waals surface area contributed by atoms with Gasteiger partial charge in [0.05, 0.1) is 12.2 Å². The zero-order chi connectivity index (χ0) is 16.7. The first-order valence-electron chi connectivity index (χ1n) is 7.40. The van der Waals surface area contributed by atoms with Crippen LogP contribution in [0.1, 0.15) is 24.2 Å². The van der Waals surface area contributed by atoms with Crippen LogP contribution in [-0.4, -0.2) is 24.6 Å². The van der Waals surface area contributed by atoms with Gasteiger partial charge in [0.25, 0.3) is 5.91 Å². The summed E-state index contributed by atoms with van der Waals surface area (Å²) in [6.07, 6.45) is -0.894. The molecule has 1 amide bonds. The number of para-hydroxylation sites is 1. The zero-order valence-electron chi connectivity index (χ0n) is 13.1. The number of nitrogens with one attached hydrogen (secondary N) is 1. The summed E-state index contributed by atoms with van der Waals surface area (Å²) in [6.45, 7) is 3.97. The van der Waals surface area contributed by atoms with Crippen LogP contribution in [0.15, 0.2) is 54.6 Å². The van der Waals surface area contributed by atoms with E-state index in [4.69, 9.17) is 9.47 Å². The van der Waals surface area contributed by atoms with E-state index >= 15 is 0 Å². The summed E-state index contributed by atoms with van der Waals surface area (Å²) in [5.41, 5.74) is 1.02. The molecule has 0 aromatic heterocycles. The van der Waals surface area contributed by atoms with Crippen molar-refractivity contribution in [2.75, 3.05) is 11.9 Å². The van der Waals surface area contributed by atoms with Crippen molar-refractivity contribution in [3.05, 3.63) is 60.2 Å². The second kappa shape index (κ2) is 7.98. The van der Waals surface area contributed by atoms with Crippen LogP contribution in [0.3, 0.4) is 0 Å². The van der Waals surface area contributed by atoms with Gasteiger partial charge in [0.2, 0.25) is 0 Å². The lowest BCUT2D eigenvalue weighted by molar-refractivity contribution is -0.123. The molecule has 0 fully saturated rings. The Kier molecular flexibility index (Phi) is 5.74. The van der Waals surface area contributed by atoms with Crippen molar-refractivity contribution in [3.8, 4) is 5.75 Å². The standard InChI is InChI=1S/C18H19NO4/c1-3-22-16-11-9-14(10-12-16)18(21)23-13(2)17(20)19-15-7-5-4-6-8-15/h4-13H,3H2,1-2H3,(H,19,20). The Labute approximate surface area is 135 Å². The molecule has 0 aliphatic heterocycles. The lowest BCUT2D eigenvalue weighted by atomic mass is 10.2. The van der Waals surface area contributed by atoms with Crippen molar-refractivity contribution in [2.45, 2.75) is 20.0 Å². The highest BCUT2D eigenvalue weighted by atomic mass is 16.5. The Morgan fingerprint density at radius 3 is 2.30 bits per heavy atom. The number of carbonyl (C=O) groups excluding carboxylic acids is 2. The average Bonchev–Trinajstić information content (AvgIpc) is 2.56. The third-order valence-corrected chi connectivity index (χ3v) is 3.10. The van der Waals surface area contributed by atoms with Crippen LogP contribution in [-0.2, 0) is 9.53 Å². The molecule has 0 radical (unpaired) electrons. The topological polar surface area (TPSA) is 64.6 Å². The van der Waals surface area contributed by atoms with E-state index < -0.39 is 12.1 Å². The van der Waals surface area contributed by atoms with Crippen LogP contribution in [0.4, 0.5) is 5.69 Å². The van der Waals surface area contributed by atoms with E-state index in [1.54, 1.807) is 36.4 Å². The first kappa shape index (κ1) is 16.5. The molecule has 23 heavy (non-hydrogen) atoms. The van der Waals surface area contributed by atoms with Gasteiger partial charge >= 0.3 is 5.97 Å². The molecule has 2 rings (SSSR count). The number of hydrogen-bond acceptors (Lipinski definition) is 4.